The average molecular weight is 401 g/mol. The van der Waals surface area contributed by atoms with E-state index in [2.05, 4.69) is 15.4 Å². The summed E-state index contributed by atoms with van der Waals surface area (Å²) in [6.07, 6.45) is 1.49. The number of amides is 2. The fourth-order valence-electron chi connectivity index (χ4n) is 2.26. The fourth-order valence-corrected chi connectivity index (χ4v) is 3.08. The van der Waals surface area contributed by atoms with Crippen molar-refractivity contribution in [2.24, 2.45) is 0 Å². The van der Waals surface area contributed by atoms with Crippen molar-refractivity contribution < 1.29 is 18.0 Å². The number of benzene rings is 2. The van der Waals surface area contributed by atoms with E-state index in [-0.39, 0.29) is 24.8 Å². The van der Waals surface area contributed by atoms with Gasteiger partial charge in [0.25, 0.3) is 0 Å². The molecular formula is C20H23N3O4S. The SMILES string of the molecule is CC(=O)Nc1ccc(NC(=O)CCNS(=O)(=O)C=Cc2ccc(C)cc2)cc1. The number of anilines is 2. The van der Waals surface area contributed by atoms with Gasteiger partial charge in [0.1, 0.15) is 0 Å². The van der Waals surface area contributed by atoms with E-state index in [4.69, 9.17) is 0 Å². The zero-order valence-corrected chi connectivity index (χ0v) is 16.5. The molecule has 0 saturated carbocycles. The van der Waals surface area contributed by atoms with Crippen LogP contribution in [0.4, 0.5) is 11.4 Å². The lowest BCUT2D eigenvalue weighted by atomic mass is 10.2. The highest BCUT2D eigenvalue weighted by molar-refractivity contribution is 7.92. The van der Waals surface area contributed by atoms with E-state index in [1.54, 1.807) is 24.3 Å². The Balaban J connectivity index is 1.79. The predicted octanol–water partition coefficient (Wildman–Crippen LogP) is 2.87. The summed E-state index contributed by atoms with van der Waals surface area (Å²) in [4.78, 5) is 22.9. The van der Waals surface area contributed by atoms with E-state index < -0.39 is 10.0 Å². The number of rotatable bonds is 8. The molecule has 28 heavy (non-hydrogen) atoms. The van der Waals surface area contributed by atoms with Crippen LogP contribution in [0, 0.1) is 6.92 Å². The van der Waals surface area contributed by atoms with E-state index in [0.29, 0.717) is 11.4 Å². The third-order valence-corrected chi connectivity index (χ3v) is 4.76. The van der Waals surface area contributed by atoms with Crippen LogP contribution in [0.2, 0.25) is 0 Å². The quantitative estimate of drug-likeness (QED) is 0.633. The molecule has 7 nitrogen and oxygen atoms in total. The molecular weight excluding hydrogens is 378 g/mol. The molecule has 0 aliphatic rings. The predicted molar refractivity (Wildman–Crippen MR) is 111 cm³/mol. The number of hydrogen-bond donors (Lipinski definition) is 3. The monoisotopic (exact) mass is 401 g/mol. The van der Waals surface area contributed by atoms with Gasteiger partial charge in [-0.2, -0.15) is 0 Å². The van der Waals surface area contributed by atoms with Crippen LogP contribution in [0.1, 0.15) is 24.5 Å². The fraction of sp³-hybridized carbons (Fsp3) is 0.200. The van der Waals surface area contributed by atoms with E-state index in [0.717, 1.165) is 16.5 Å². The maximum Gasteiger partial charge on any atom is 0.233 e. The average Bonchev–Trinajstić information content (AvgIpc) is 2.62. The molecule has 148 valence electrons. The van der Waals surface area contributed by atoms with Crippen molar-refractivity contribution in [3.8, 4) is 0 Å². The Morgan fingerprint density at radius 1 is 0.929 bits per heavy atom. The summed E-state index contributed by atoms with van der Waals surface area (Å²) in [6.45, 7) is 3.34. The van der Waals surface area contributed by atoms with Gasteiger partial charge in [0, 0.05) is 36.7 Å². The number of aryl methyl sites for hydroxylation is 1. The normalized spacial score (nSPS) is 11.4. The van der Waals surface area contributed by atoms with Crippen LogP contribution in [-0.4, -0.2) is 26.8 Å². The molecule has 0 heterocycles. The van der Waals surface area contributed by atoms with Crippen molar-refractivity contribution in [1.29, 1.82) is 0 Å². The Morgan fingerprint density at radius 2 is 1.50 bits per heavy atom. The lowest BCUT2D eigenvalue weighted by molar-refractivity contribution is -0.116. The maximum absolute atomic E-state index is 12.0. The Hall–Kier alpha value is -2.97. The van der Waals surface area contributed by atoms with E-state index >= 15 is 0 Å². The number of carbonyl (C=O) groups is 2. The highest BCUT2D eigenvalue weighted by Gasteiger charge is 2.08. The Kier molecular flexibility index (Phi) is 7.48. The van der Waals surface area contributed by atoms with Gasteiger partial charge in [0.05, 0.1) is 0 Å². The maximum atomic E-state index is 12.0. The lowest BCUT2D eigenvalue weighted by Gasteiger charge is -2.07. The molecule has 0 aliphatic heterocycles. The molecule has 8 heteroatoms. The summed E-state index contributed by atoms with van der Waals surface area (Å²) in [7, 11) is -3.63. The van der Waals surface area contributed by atoms with E-state index in [9.17, 15) is 18.0 Å². The second-order valence-corrected chi connectivity index (χ2v) is 7.86. The molecule has 2 aromatic rings. The van der Waals surface area contributed by atoms with Crippen molar-refractivity contribution in [1.82, 2.24) is 4.72 Å². The number of sulfonamides is 1. The first-order valence-corrected chi connectivity index (χ1v) is 10.2. The van der Waals surface area contributed by atoms with Crippen LogP contribution in [0.25, 0.3) is 6.08 Å². The summed E-state index contributed by atoms with van der Waals surface area (Å²) in [5.74, 6) is -0.502. The summed E-state index contributed by atoms with van der Waals surface area (Å²) < 4.78 is 26.3. The van der Waals surface area contributed by atoms with Gasteiger partial charge in [-0.15, -0.1) is 0 Å². The molecule has 0 unspecified atom stereocenters. The third kappa shape index (κ3) is 7.73. The molecule has 0 saturated heterocycles. The highest BCUT2D eigenvalue weighted by Crippen LogP contribution is 2.13. The van der Waals surface area contributed by atoms with Gasteiger partial charge in [0.15, 0.2) is 0 Å². The molecule has 2 rings (SSSR count). The van der Waals surface area contributed by atoms with Crippen molar-refractivity contribution in [2.45, 2.75) is 20.3 Å². The molecule has 0 aliphatic carbocycles. The minimum absolute atomic E-state index is 0.00888. The number of hydrogen-bond acceptors (Lipinski definition) is 4. The van der Waals surface area contributed by atoms with Gasteiger partial charge in [-0.3, -0.25) is 9.59 Å². The van der Waals surface area contributed by atoms with Crippen LogP contribution in [0.15, 0.2) is 53.9 Å². The van der Waals surface area contributed by atoms with Crippen LogP contribution >= 0.6 is 0 Å². The zero-order valence-electron chi connectivity index (χ0n) is 15.7. The highest BCUT2D eigenvalue weighted by atomic mass is 32.2. The second kappa shape index (κ2) is 9.82. The molecule has 0 fully saturated rings. The molecule has 0 aromatic heterocycles. The van der Waals surface area contributed by atoms with Crippen LogP contribution in [0.5, 0.6) is 0 Å². The molecule has 0 bridgehead atoms. The summed E-state index contributed by atoms with van der Waals surface area (Å²) >= 11 is 0. The van der Waals surface area contributed by atoms with Gasteiger partial charge in [-0.25, -0.2) is 13.1 Å². The molecule has 2 aromatic carbocycles. The second-order valence-electron chi connectivity index (χ2n) is 6.21. The Morgan fingerprint density at radius 3 is 2.07 bits per heavy atom. The molecule has 3 N–H and O–H groups in total. The largest absolute Gasteiger partial charge is 0.326 e. The number of nitrogens with one attached hydrogen (secondary N) is 3. The van der Waals surface area contributed by atoms with Crippen LogP contribution in [-0.2, 0) is 19.6 Å². The van der Waals surface area contributed by atoms with Gasteiger partial charge in [-0.05, 0) is 42.8 Å². The first kappa shape index (κ1) is 21.3. The number of carbonyl (C=O) groups excluding carboxylic acids is 2. The summed E-state index contributed by atoms with van der Waals surface area (Å²) in [6, 6.07) is 14.1. The van der Waals surface area contributed by atoms with Crippen molar-refractivity contribution in [3.05, 3.63) is 65.1 Å². The molecule has 0 atom stereocenters. The lowest BCUT2D eigenvalue weighted by Crippen LogP contribution is -2.26. The van der Waals surface area contributed by atoms with E-state index in [1.165, 1.54) is 13.0 Å². The van der Waals surface area contributed by atoms with Crippen LogP contribution < -0.4 is 15.4 Å². The zero-order chi connectivity index (χ0) is 20.6. The molecule has 0 spiro atoms. The topological polar surface area (TPSA) is 104 Å². The van der Waals surface area contributed by atoms with E-state index in [1.807, 2.05) is 31.2 Å². The minimum atomic E-state index is -3.63. The van der Waals surface area contributed by atoms with Crippen LogP contribution in [0.3, 0.4) is 0 Å². The minimum Gasteiger partial charge on any atom is -0.326 e. The van der Waals surface area contributed by atoms with Gasteiger partial charge < -0.3 is 10.6 Å². The first-order valence-electron chi connectivity index (χ1n) is 8.65. The molecule has 0 radical (unpaired) electrons. The third-order valence-electron chi connectivity index (χ3n) is 3.66. The Bertz CT molecular complexity index is 950. The molecule has 2 amide bonds. The summed E-state index contributed by atoms with van der Waals surface area (Å²) in [5.41, 5.74) is 3.05. The van der Waals surface area contributed by atoms with Gasteiger partial charge in [-0.1, -0.05) is 29.8 Å². The van der Waals surface area contributed by atoms with Gasteiger partial charge in [0.2, 0.25) is 21.8 Å². The first-order chi connectivity index (χ1) is 13.2. The van der Waals surface area contributed by atoms with Crippen molar-refractivity contribution in [2.75, 3.05) is 17.2 Å². The van der Waals surface area contributed by atoms with Gasteiger partial charge >= 0.3 is 0 Å². The Labute approximate surface area is 164 Å². The smallest absolute Gasteiger partial charge is 0.233 e. The van der Waals surface area contributed by atoms with Crippen molar-refractivity contribution >= 4 is 39.3 Å². The summed E-state index contributed by atoms with van der Waals surface area (Å²) in [5, 5.41) is 6.37. The van der Waals surface area contributed by atoms with Crippen molar-refractivity contribution in [3.63, 3.8) is 0 Å². The standard InChI is InChI=1S/C20H23N3O4S/c1-15-3-5-17(6-4-15)12-14-28(26,27)21-13-11-20(25)23-19-9-7-18(8-10-19)22-16(2)24/h3-10,12,14,21H,11,13H2,1-2H3,(H,22,24)(H,23,25).